The predicted octanol–water partition coefficient (Wildman–Crippen LogP) is 2.01. The summed E-state index contributed by atoms with van der Waals surface area (Å²) in [5.41, 5.74) is 0.847. The van der Waals surface area contributed by atoms with Gasteiger partial charge in [0, 0.05) is 30.1 Å². The Labute approximate surface area is 145 Å². The summed E-state index contributed by atoms with van der Waals surface area (Å²) in [6.07, 6.45) is 2.67. The average molecular weight is 380 g/mol. The number of benzene rings is 1. The summed E-state index contributed by atoms with van der Waals surface area (Å²) in [6.45, 7) is 2.06. The van der Waals surface area contributed by atoms with Crippen LogP contribution in [0, 0.1) is 5.92 Å². The van der Waals surface area contributed by atoms with E-state index >= 15 is 0 Å². The van der Waals surface area contributed by atoms with Gasteiger partial charge in [-0.3, -0.25) is 9.59 Å². The van der Waals surface area contributed by atoms with Crippen LogP contribution in [0.25, 0.3) is 0 Å². The Hall–Kier alpha value is -1.40. The van der Waals surface area contributed by atoms with Crippen molar-refractivity contribution in [2.75, 3.05) is 31.6 Å². The number of hydrogen-bond donors (Lipinski definition) is 1. The molecule has 0 aromatic heterocycles. The minimum absolute atomic E-state index is 0.00972. The molecule has 2 fully saturated rings. The first-order chi connectivity index (χ1) is 11.1. The summed E-state index contributed by atoms with van der Waals surface area (Å²) >= 11 is 3.49. The normalized spacial score (nSPS) is 25.0. The number of hydrogen-bond acceptors (Lipinski definition) is 3. The van der Waals surface area contributed by atoms with E-state index in [0.717, 1.165) is 29.5 Å². The number of anilines is 1. The molecule has 1 aromatic carbocycles. The molecular formula is C17H22BrN3O2. The van der Waals surface area contributed by atoms with Crippen LogP contribution < -0.4 is 10.2 Å². The number of nitrogens with zero attached hydrogens (tertiary/aromatic N) is 2. The van der Waals surface area contributed by atoms with E-state index in [9.17, 15) is 9.59 Å². The predicted molar refractivity (Wildman–Crippen MR) is 93.3 cm³/mol. The van der Waals surface area contributed by atoms with E-state index in [1.807, 2.05) is 36.2 Å². The lowest BCUT2D eigenvalue weighted by Crippen LogP contribution is -2.49. The van der Waals surface area contributed by atoms with Gasteiger partial charge >= 0.3 is 0 Å². The van der Waals surface area contributed by atoms with E-state index < -0.39 is 5.92 Å². The average Bonchev–Trinajstić information content (AvgIpc) is 2.96. The van der Waals surface area contributed by atoms with Crippen LogP contribution in [0.5, 0.6) is 0 Å². The lowest BCUT2D eigenvalue weighted by Gasteiger charge is -2.33. The summed E-state index contributed by atoms with van der Waals surface area (Å²) in [7, 11) is 1.92. The molecule has 0 spiro atoms. The van der Waals surface area contributed by atoms with Crippen molar-refractivity contribution in [3.63, 3.8) is 0 Å². The highest BCUT2D eigenvalue weighted by Gasteiger charge is 2.40. The molecule has 2 unspecified atom stereocenters. The maximum absolute atomic E-state index is 12.8. The quantitative estimate of drug-likeness (QED) is 0.817. The van der Waals surface area contributed by atoms with Crippen LogP contribution in [0.15, 0.2) is 28.7 Å². The zero-order valence-electron chi connectivity index (χ0n) is 13.3. The molecule has 6 heteroatoms. The first kappa shape index (κ1) is 16.5. The van der Waals surface area contributed by atoms with Gasteiger partial charge in [-0.1, -0.05) is 12.1 Å². The van der Waals surface area contributed by atoms with Crippen LogP contribution in [0.3, 0.4) is 0 Å². The molecule has 0 aliphatic carbocycles. The molecule has 0 radical (unpaired) electrons. The molecule has 2 aliphatic heterocycles. The number of para-hydroxylation sites is 1. The fourth-order valence-electron chi connectivity index (χ4n) is 3.45. The van der Waals surface area contributed by atoms with E-state index in [1.54, 1.807) is 4.90 Å². The number of likely N-dealkylation sites (tertiary alicyclic amines) is 1. The molecule has 23 heavy (non-hydrogen) atoms. The molecule has 1 N–H and O–H groups in total. The number of likely N-dealkylation sites (N-methyl/N-ethyl adjacent to an activating group) is 1. The zero-order valence-corrected chi connectivity index (χ0v) is 14.9. The van der Waals surface area contributed by atoms with Crippen LogP contribution in [0.4, 0.5) is 5.69 Å². The number of carbonyl (C=O) groups excluding carboxylic acids is 2. The van der Waals surface area contributed by atoms with Gasteiger partial charge in [0.1, 0.15) is 5.92 Å². The van der Waals surface area contributed by atoms with Gasteiger partial charge in [0.25, 0.3) is 0 Å². The Bertz CT molecular complexity index is 607. The smallest absolute Gasteiger partial charge is 0.239 e. The Morgan fingerprint density at radius 3 is 2.78 bits per heavy atom. The number of carbonyl (C=O) groups is 2. The zero-order chi connectivity index (χ0) is 16.4. The first-order valence-electron chi connectivity index (χ1n) is 8.13. The molecule has 5 nitrogen and oxygen atoms in total. The number of nitrogens with one attached hydrogen (secondary N) is 1. The van der Waals surface area contributed by atoms with Gasteiger partial charge < -0.3 is 15.1 Å². The Morgan fingerprint density at radius 1 is 1.26 bits per heavy atom. The molecular weight excluding hydrogens is 358 g/mol. The summed E-state index contributed by atoms with van der Waals surface area (Å²) < 4.78 is 0.884. The van der Waals surface area contributed by atoms with Gasteiger partial charge in [-0.15, -0.1) is 0 Å². The number of amides is 2. The third kappa shape index (κ3) is 3.28. The third-order valence-electron chi connectivity index (χ3n) is 4.79. The van der Waals surface area contributed by atoms with Crippen LogP contribution in [-0.2, 0) is 9.59 Å². The van der Waals surface area contributed by atoms with E-state index in [0.29, 0.717) is 25.6 Å². The van der Waals surface area contributed by atoms with Gasteiger partial charge in [-0.2, -0.15) is 0 Å². The van der Waals surface area contributed by atoms with Crippen LogP contribution in [0.1, 0.15) is 19.3 Å². The summed E-state index contributed by atoms with van der Waals surface area (Å²) in [6, 6.07) is 7.99. The lowest BCUT2D eigenvalue weighted by molar-refractivity contribution is -0.140. The fraction of sp³-hybridized carbons (Fsp3) is 0.529. The van der Waals surface area contributed by atoms with Crippen molar-refractivity contribution in [3.05, 3.63) is 28.7 Å². The van der Waals surface area contributed by atoms with Crippen LogP contribution in [-0.4, -0.2) is 49.4 Å². The monoisotopic (exact) mass is 379 g/mol. The molecule has 2 saturated heterocycles. The fourth-order valence-corrected chi connectivity index (χ4v) is 3.95. The van der Waals surface area contributed by atoms with Gasteiger partial charge in [-0.05, 0) is 54.4 Å². The van der Waals surface area contributed by atoms with Crippen molar-refractivity contribution in [2.45, 2.75) is 25.3 Å². The van der Waals surface area contributed by atoms with Gasteiger partial charge in [-0.25, -0.2) is 0 Å². The largest absolute Gasteiger partial charge is 0.340 e. The second-order valence-electron chi connectivity index (χ2n) is 6.19. The third-order valence-corrected chi connectivity index (χ3v) is 5.46. The number of halogens is 1. The van der Waals surface area contributed by atoms with Crippen molar-refractivity contribution < 1.29 is 9.59 Å². The Balaban J connectivity index is 1.71. The Kier molecular flexibility index (Phi) is 5.02. The van der Waals surface area contributed by atoms with Gasteiger partial charge in [0.15, 0.2) is 0 Å². The van der Waals surface area contributed by atoms with E-state index in [1.165, 1.54) is 0 Å². The standard InChI is InChI=1S/C17H22BrN3O2/c1-19-12-5-4-9-20(11-12)16(22)13-8-10-21(17(13)23)15-7-3-2-6-14(15)18/h2-3,6-7,12-13,19H,4-5,8-11H2,1H3. The second kappa shape index (κ2) is 7.01. The maximum Gasteiger partial charge on any atom is 0.239 e. The molecule has 0 bridgehead atoms. The first-order valence-corrected chi connectivity index (χ1v) is 8.93. The Morgan fingerprint density at radius 2 is 2.04 bits per heavy atom. The summed E-state index contributed by atoms with van der Waals surface area (Å²) in [5, 5.41) is 3.24. The molecule has 1 aromatic rings. The second-order valence-corrected chi connectivity index (χ2v) is 7.05. The minimum Gasteiger partial charge on any atom is -0.340 e. The van der Waals surface area contributed by atoms with Gasteiger partial charge in [0.05, 0.1) is 5.69 Å². The highest BCUT2D eigenvalue weighted by Crippen LogP contribution is 2.32. The molecule has 2 heterocycles. The highest BCUT2D eigenvalue weighted by molar-refractivity contribution is 9.10. The molecule has 124 valence electrons. The van der Waals surface area contributed by atoms with Crippen molar-refractivity contribution in [3.8, 4) is 0 Å². The van der Waals surface area contributed by atoms with Gasteiger partial charge in [0.2, 0.25) is 11.8 Å². The van der Waals surface area contributed by atoms with Crippen LogP contribution >= 0.6 is 15.9 Å². The molecule has 2 aliphatic rings. The SMILES string of the molecule is CNC1CCCN(C(=O)C2CCN(c3ccccc3Br)C2=O)C1. The maximum atomic E-state index is 12.8. The van der Waals surface area contributed by atoms with Crippen molar-refractivity contribution >= 4 is 33.4 Å². The number of piperidine rings is 1. The molecule has 0 saturated carbocycles. The summed E-state index contributed by atoms with van der Waals surface area (Å²) in [5.74, 6) is -0.615. The molecule has 2 amide bonds. The highest BCUT2D eigenvalue weighted by atomic mass is 79.9. The minimum atomic E-state index is -0.530. The topological polar surface area (TPSA) is 52.7 Å². The van der Waals surface area contributed by atoms with E-state index in [4.69, 9.17) is 0 Å². The number of rotatable bonds is 3. The van der Waals surface area contributed by atoms with Crippen molar-refractivity contribution in [2.24, 2.45) is 5.92 Å². The summed E-state index contributed by atoms with van der Waals surface area (Å²) in [4.78, 5) is 29.1. The molecule has 3 rings (SSSR count). The lowest BCUT2D eigenvalue weighted by atomic mass is 10.0. The molecule has 2 atom stereocenters. The van der Waals surface area contributed by atoms with Crippen LogP contribution in [0.2, 0.25) is 0 Å². The van der Waals surface area contributed by atoms with E-state index in [-0.39, 0.29) is 11.8 Å². The van der Waals surface area contributed by atoms with Crippen molar-refractivity contribution in [1.82, 2.24) is 10.2 Å². The van der Waals surface area contributed by atoms with E-state index in [2.05, 4.69) is 21.2 Å². The van der Waals surface area contributed by atoms with Crippen molar-refractivity contribution in [1.29, 1.82) is 0 Å².